The number of rotatable bonds is 3. The Bertz CT molecular complexity index is 512. The lowest BCUT2D eigenvalue weighted by Gasteiger charge is -2.03. The van der Waals surface area contributed by atoms with E-state index in [1.807, 2.05) is 0 Å². The molecular formula is C9H8ClFO4S. The van der Waals surface area contributed by atoms with Crippen molar-refractivity contribution < 1.29 is 22.3 Å². The molecular weight excluding hydrogens is 259 g/mol. The molecule has 1 aromatic carbocycles. The molecule has 0 aromatic heterocycles. The van der Waals surface area contributed by atoms with Gasteiger partial charge in [0.25, 0.3) is 0 Å². The van der Waals surface area contributed by atoms with Crippen LogP contribution in [0.4, 0.5) is 4.39 Å². The number of carbonyl (C=O) groups is 1. The van der Waals surface area contributed by atoms with Crippen molar-refractivity contribution in [2.24, 2.45) is 0 Å². The van der Waals surface area contributed by atoms with Gasteiger partial charge in [-0.15, -0.1) is 0 Å². The van der Waals surface area contributed by atoms with E-state index in [-0.39, 0.29) is 11.1 Å². The number of halogens is 2. The minimum absolute atomic E-state index is 0.00993. The summed E-state index contributed by atoms with van der Waals surface area (Å²) in [5, 5.41) is 0. The highest BCUT2D eigenvalue weighted by molar-refractivity contribution is 8.13. The predicted octanol–water partition coefficient (Wildman–Crippen LogP) is 1.68. The molecule has 0 aliphatic rings. The molecule has 88 valence electrons. The Balaban J connectivity index is 3.05. The molecule has 0 fully saturated rings. The molecule has 0 N–H and O–H groups in total. The third kappa shape index (κ3) is 3.46. The average molecular weight is 267 g/mol. The number of methoxy groups -OCH3 is 1. The van der Waals surface area contributed by atoms with Crippen LogP contribution in [0.15, 0.2) is 18.2 Å². The molecule has 0 spiro atoms. The van der Waals surface area contributed by atoms with Crippen molar-refractivity contribution >= 4 is 25.7 Å². The van der Waals surface area contributed by atoms with Gasteiger partial charge in [0.1, 0.15) is 5.82 Å². The first kappa shape index (κ1) is 12.9. The Morgan fingerprint density at radius 1 is 1.50 bits per heavy atom. The number of benzene rings is 1. The lowest BCUT2D eigenvalue weighted by molar-refractivity contribution is 0.0600. The zero-order chi connectivity index (χ0) is 12.3. The first-order valence-electron chi connectivity index (χ1n) is 4.12. The van der Waals surface area contributed by atoms with Crippen molar-refractivity contribution in [3.05, 3.63) is 35.1 Å². The molecule has 16 heavy (non-hydrogen) atoms. The highest BCUT2D eigenvalue weighted by Gasteiger charge is 2.14. The summed E-state index contributed by atoms with van der Waals surface area (Å²) in [7, 11) is 2.32. The van der Waals surface area contributed by atoms with Crippen LogP contribution in [0.2, 0.25) is 0 Å². The molecule has 0 aliphatic heterocycles. The maximum absolute atomic E-state index is 13.3. The molecule has 7 heteroatoms. The topological polar surface area (TPSA) is 60.4 Å². The van der Waals surface area contributed by atoms with Crippen molar-refractivity contribution in [1.29, 1.82) is 0 Å². The van der Waals surface area contributed by atoms with Crippen LogP contribution in [-0.4, -0.2) is 21.5 Å². The SMILES string of the molecule is COC(=O)c1ccc(CS(=O)(=O)Cl)c(F)c1. The lowest BCUT2D eigenvalue weighted by Crippen LogP contribution is -2.04. The quantitative estimate of drug-likeness (QED) is 0.617. The summed E-state index contributed by atoms with van der Waals surface area (Å²) in [6.45, 7) is 0. The Morgan fingerprint density at radius 3 is 2.56 bits per heavy atom. The fourth-order valence-corrected chi connectivity index (χ4v) is 2.05. The predicted molar refractivity (Wildman–Crippen MR) is 56.2 cm³/mol. The Morgan fingerprint density at radius 2 is 2.12 bits per heavy atom. The van der Waals surface area contributed by atoms with E-state index >= 15 is 0 Å². The van der Waals surface area contributed by atoms with Crippen molar-refractivity contribution in [3.63, 3.8) is 0 Å². The summed E-state index contributed by atoms with van der Waals surface area (Å²) in [4.78, 5) is 11.0. The van der Waals surface area contributed by atoms with Gasteiger partial charge in [0.05, 0.1) is 18.4 Å². The minimum atomic E-state index is -3.82. The second-order valence-corrected chi connectivity index (χ2v) is 5.76. The fourth-order valence-electron chi connectivity index (χ4n) is 1.09. The van der Waals surface area contributed by atoms with Crippen LogP contribution < -0.4 is 0 Å². The van der Waals surface area contributed by atoms with E-state index in [0.717, 1.165) is 13.2 Å². The third-order valence-electron chi connectivity index (χ3n) is 1.80. The zero-order valence-corrected chi connectivity index (χ0v) is 9.81. The number of esters is 1. The van der Waals surface area contributed by atoms with E-state index in [9.17, 15) is 17.6 Å². The van der Waals surface area contributed by atoms with Gasteiger partial charge in [0, 0.05) is 16.2 Å². The summed E-state index contributed by atoms with van der Waals surface area (Å²) in [6.07, 6.45) is 0. The van der Waals surface area contributed by atoms with Gasteiger partial charge in [-0.25, -0.2) is 17.6 Å². The molecule has 0 atom stereocenters. The first-order valence-corrected chi connectivity index (χ1v) is 6.60. The summed E-state index contributed by atoms with van der Waals surface area (Å²) >= 11 is 0. The molecule has 0 saturated heterocycles. The van der Waals surface area contributed by atoms with Crippen LogP contribution in [-0.2, 0) is 19.5 Å². The van der Waals surface area contributed by atoms with Crippen molar-refractivity contribution in [2.75, 3.05) is 7.11 Å². The van der Waals surface area contributed by atoms with Crippen molar-refractivity contribution in [1.82, 2.24) is 0 Å². The largest absolute Gasteiger partial charge is 0.465 e. The maximum Gasteiger partial charge on any atom is 0.337 e. The molecule has 0 saturated carbocycles. The molecule has 0 amide bonds. The van der Waals surface area contributed by atoms with E-state index < -0.39 is 26.6 Å². The number of hydrogen-bond donors (Lipinski definition) is 0. The van der Waals surface area contributed by atoms with Gasteiger partial charge in [-0.1, -0.05) is 6.07 Å². The van der Waals surface area contributed by atoms with Gasteiger partial charge in [-0.3, -0.25) is 0 Å². The Labute approximate surface area is 96.4 Å². The minimum Gasteiger partial charge on any atom is -0.465 e. The zero-order valence-electron chi connectivity index (χ0n) is 8.24. The van der Waals surface area contributed by atoms with Gasteiger partial charge in [0.2, 0.25) is 9.05 Å². The van der Waals surface area contributed by atoms with Gasteiger partial charge in [-0.05, 0) is 12.1 Å². The lowest BCUT2D eigenvalue weighted by atomic mass is 10.1. The normalized spacial score (nSPS) is 11.2. The Kier molecular flexibility index (Phi) is 3.88. The smallest absolute Gasteiger partial charge is 0.337 e. The second kappa shape index (κ2) is 4.80. The van der Waals surface area contributed by atoms with Crippen LogP contribution in [0.1, 0.15) is 15.9 Å². The summed E-state index contributed by atoms with van der Waals surface area (Å²) in [5.74, 6) is -2.13. The van der Waals surface area contributed by atoms with E-state index in [2.05, 4.69) is 4.74 Å². The van der Waals surface area contributed by atoms with Crippen molar-refractivity contribution in [3.8, 4) is 0 Å². The van der Waals surface area contributed by atoms with Gasteiger partial charge in [0.15, 0.2) is 0 Å². The molecule has 1 aromatic rings. The number of ether oxygens (including phenoxy) is 1. The van der Waals surface area contributed by atoms with E-state index in [1.165, 1.54) is 12.1 Å². The van der Waals surface area contributed by atoms with Gasteiger partial charge in [-0.2, -0.15) is 0 Å². The van der Waals surface area contributed by atoms with Crippen LogP contribution in [0.5, 0.6) is 0 Å². The molecule has 4 nitrogen and oxygen atoms in total. The maximum atomic E-state index is 13.3. The van der Waals surface area contributed by atoms with Crippen LogP contribution in [0.25, 0.3) is 0 Å². The Hall–Kier alpha value is -1.14. The van der Waals surface area contributed by atoms with Crippen LogP contribution in [0, 0.1) is 5.82 Å². The highest BCUT2D eigenvalue weighted by Crippen LogP contribution is 2.16. The average Bonchev–Trinajstić information content (AvgIpc) is 2.18. The van der Waals surface area contributed by atoms with Crippen LogP contribution in [0.3, 0.4) is 0 Å². The molecule has 0 heterocycles. The van der Waals surface area contributed by atoms with Gasteiger partial charge < -0.3 is 4.74 Å². The first-order chi connectivity index (χ1) is 7.33. The molecule has 0 radical (unpaired) electrons. The van der Waals surface area contributed by atoms with Gasteiger partial charge >= 0.3 is 5.97 Å². The summed E-state index contributed by atoms with van der Waals surface area (Å²) in [5.41, 5.74) is -0.0848. The number of hydrogen-bond acceptors (Lipinski definition) is 4. The fraction of sp³-hybridized carbons (Fsp3) is 0.222. The standard InChI is InChI=1S/C9H8ClFO4S/c1-15-9(12)6-2-3-7(8(11)4-6)5-16(10,13)14/h2-4H,5H2,1H3. The second-order valence-electron chi connectivity index (χ2n) is 2.98. The van der Waals surface area contributed by atoms with E-state index in [1.54, 1.807) is 0 Å². The summed E-state index contributed by atoms with van der Waals surface area (Å²) < 4.78 is 39.2. The molecule has 0 aliphatic carbocycles. The molecule has 1 rings (SSSR count). The third-order valence-corrected chi connectivity index (χ3v) is 2.79. The van der Waals surface area contributed by atoms with E-state index in [4.69, 9.17) is 10.7 Å². The monoisotopic (exact) mass is 266 g/mol. The molecule has 0 bridgehead atoms. The summed E-state index contributed by atoms with van der Waals surface area (Å²) in [6, 6.07) is 3.36. The van der Waals surface area contributed by atoms with E-state index in [0.29, 0.717) is 0 Å². The van der Waals surface area contributed by atoms with Crippen molar-refractivity contribution in [2.45, 2.75) is 5.75 Å². The highest BCUT2D eigenvalue weighted by atomic mass is 35.7. The van der Waals surface area contributed by atoms with Crippen LogP contribution >= 0.6 is 10.7 Å². The molecule has 0 unspecified atom stereocenters. The number of carbonyl (C=O) groups excluding carboxylic acids is 1.